The van der Waals surface area contributed by atoms with Crippen LogP contribution in [0.2, 0.25) is 0 Å². The number of carbonyl (C=O) groups is 1. The number of phenolic OH excluding ortho intramolecular Hbond substituents is 1. The first kappa shape index (κ1) is 15.8. The van der Waals surface area contributed by atoms with Crippen LogP contribution in [0, 0.1) is 10.1 Å². The summed E-state index contributed by atoms with van der Waals surface area (Å²) in [6, 6.07) is 11.2. The molecule has 1 aliphatic carbocycles. The highest BCUT2D eigenvalue weighted by Gasteiger charge is 2.41. The molecule has 0 bridgehead atoms. The van der Waals surface area contributed by atoms with Crippen molar-refractivity contribution in [2.45, 2.75) is 18.4 Å². The molecule has 7 heteroatoms. The van der Waals surface area contributed by atoms with Gasteiger partial charge in [-0.1, -0.05) is 18.2 Å². The van der Waals surface area contributed by atoms with Crippen molar-refractivity contribution in [3.05, 3.63) is 63.7 Å². The lowest BCUT2D eigenvalue weighted by Gasteiger charge is -2.09. The molecule has 1 saturated carbocycles. The van der Waals surface area contributed by atoms with Crippen LogP contribution in [-0.2, 0) is 0 Å². The van der Waals surface area contributed by atoms with Crippen molar-refractivity contribution in [1.82, 2.24) is 5.32 Å². The molecular weight excluding hydrogens is 312 g/mol. The Labute approximate surface area is 138 Å². The Morgan fingerprint density at radius 1 is 1.33 bits per heavy atom. The maximum Gasteiger partial charge on any atom is 0.310 e. The molecular formula is C17H16N2O5. The van der Waals surface area contributed by atoms with Gasteiger partial charge in [0, 0.05) is 23.6 Å². The Morgan fingerprint density at radius 2 is 2.08 bits per heavy atom. The number of para-hydroxylation sites is 1. The number of hydrogen-bond acceptors (Lipinski definition) is 5. The predicted molar refractivity (Wildman–Crippen MR) is 86.4 cm³/mol. The molecule has 0 aromatic heterocycles. The van der Waals surface area contributed by atoms with E-state index in [4.69, 9.17) is 4.74 Å². The van der Waals surface area contributed by atoms with Gasteiger partial charge in [0.15, 0.2) is 5.75 Å². The normalized spacial score (nSPS) is 18.7. The minimum Gasteiger partial charge on any atom is -0.502 e. The molecule has 24 heavy (non-hydrogen) atoms. The monoisotopic (exact) mass is 328 g/mol. The maximum absolute atomic E-state index is 12.2. The van der Waals surface area contributed by atoms with Crippen molar-refractivity contribution >= 4 is 11.6 Å². The summed E-state index contributed by atoms with van der Waals surface area (Å²) in [5, 5.41) is 23.2. The number of ether oxygens (including phenoxy) is 1. The van der Waals surface area contributed by atoms with Crippen molar-refractivity contribution in [2.24, 2.45) is 0 Å². The minimum atomic E-state index is -0.699. The quantitative estimate of drug-likeness (QED) is 0.649. The summed E-state index contributed by atoms with van der Waals surface area (Å²) < 4.78 is 5.33. The number of rotatable bonds is 5. The molecule has 0 saturated heterocycles. The van der Waals surface area contributed by atoms with Crippen LogP contribution in [0.15, 0.2) is 42.5 Å². The summed E-state index contributed by atoms with van der Waals surface area (Å²) in [4.78, 5) is 22.2. The molecule has 0 heterocycles. The average molecular weight is 328 g/mol. The van der Waals surface area contributed by atoms with Gasteiger partial charge < -0.3 is 15.2 Å². The van der Waals surface area contributed by atoms with E-state index >= 15 is 0 Å². The molecule has 1 amide bonds. The number of aromatic hydroxyl groups is 1. The molecule has 2 unspecified atom stereocenters. The van der Waals surface area contributed by atoms with Crippen LogP contribution < -0.4 is 10.1 Å². The van der Waals surface area contributed by atoms with Crippen LogP contribution in [0.1, 0.15) is 28.3 Å². The number of nitrogens with zero attached hydrogens (tertiary/aromatic N) is 1. The number of carbonyl (C=O) groups excluding carboxylic acids is 1. The lowest BCUT2D eigenvalue weighted by atomic mass is 10.1. The Morgan fingerprint density at radius 3 is 2.75 bits per heavy atom. The van der Waals surface area contributed by atoms with Crippen LogP contribution in [-0.4, -0.2) is 29.1 Å². The molecule has 1 aliphatic rings. The SMILES string of the molecule is COc1ccccc1C1CC1NC(=O)c1ccc([N+](=O)[O-])c(O)c1. The van der Waals surface area contributed by atoms with E-state index in [2.05, 4.69) is 5.32 Å². The summed E-state index contributed by atoms with van der Waals surface area (Å²) in [5.41, 5.74) is 0.797. The lowest BCUT2D eigenvalue weighted by Crippen LogP contribution is -2.26. The molecule has 0 spiro atoms. The predicted octanol–water partition coefficient (Wildman–Crippen LogP) is 2.59. The number of amides is 1. The second-order valence-corrected chi connectivity index (χ2v) is 5.62. The summed E-state index contributed by atoms with van der Waals surface area (Å²) in [5.74, 6) is 0.0660. The molecule has 124 valence electrons. The lowest BCUT2D eigenvalue weighted by molar-refractivity contribution is -0.385. The van der Waals surface area contributed by atoms with E-state index in [1.165, 1.54) is 6.07 Å². The largest absolute Gasteiger partial charge is 0.502 e. The van der Waals surface area contributed by atoms with Crippen LogP contribution in [0.5, 0.6) is 11.5 Å². The molecule has 2 atom stereocenters. The zero-order valence-electron chi connectivity index (χ0n) is 12.9. The number of benzene rings is 2. The number of hydrogen-bond donors (Lipinski definition) is 2. The summed E-state index contributed by atoms with van der Waals surface area (Å²) in [6.07, 6.45) is 0.797. The van der Waals surface area contributed by atoms with Gasteiger partial charge in [0.2, 0.25) is 0 Å². The Bertz CT molecular complexity index is 805. The van der Waals surface area contributed by atoms with Gasteiger partial charge in [-0.2, -0.15) is 0 Å². The second kappa shape index (κ2) is 6.19. The topological polar surface area (TPSA) is 102 Å². The fourth-order valence-electron chi connectivity index (χ4n) is 2.74. The van der Waals surface area contributed by atoms with Gasteiger partial charge >= 0.3 is 5.69 Å². The summed E-state index contributed by atoms with van der Waals surface area (Å²) in [7, 11) is 1.61. The molecule has 2 aromatic rings. The van der Waals surface area contributed by atoms with Crippen molar-refractivity contribution in [3.8, 4) is 11.5 Å². The molecule has 7 nitrogen and oxygen atoms in total. The first-order valence-electron chi connectivity index (χ1n) is 7.42. The first-order chi connectivity index (χ1) is 11.5. The molecule has 0 radical (unpaired) electrons. The van der Waals surface area contributed by atoms with Crippen LogP contribution in [0.3, 0.4) is 0 Å². The van der Waals surface area contributed by atoms with Gasteiger partial charge in [-0.15, -0.1) is 0 Å². The molecule has 2 N–H and O–H groups in total. The highest BCUT2D eigenvalue weighted by atomic mass is 16.6. The number of phenols is 1. The third-order valence-electron chi connectivity index (χ3n) is 4.08. The second-order valence-electron chi connectivity index (χ2n) is 5.62. The number of nitrogens with one attached hydrogen (secondary N) is 1. The average Bonchev–Trinajstić information content (AvgIpc) is 3.33. The van der Waals surface area contributed by atoms with Gasteiger partial charge in [-0.25, -0.2) is 0 Å². The third kappa shape index (κ3) is 3.01. The Kier molecular flexibility index (Phi) is 4.07. The van der Waals surface area contributed by atoms with Gasteiger partial charge in [0.05, 0.1) is 12.0 Å². The molecule has 2 aromatic carbocycles. The van der Waals surface area contributed by atoms with E-state index in [0.29, 0.717) is 0 Å². The summed E-state index contributed by atoms with van der Waals surface area (Å²) in [6.45, 7) is 0. The van der Waals surface area contributed by atoms with Crippen molar-refractivity contribution in [3.63, 3.8) is 0 Å². The number of nitro benzene ring substituents is 1. The Balaban J connectivity index is 1.69. The van der Waals surface area contributed by atoms with Gasteiger partial charge in [-0.3, -0.25) is 14.9 Å². The highest BCUT2D eigenvalue weighted by Crippen LogP contribution is 2.44. The third-order valence-corrected chi connectivity index (χ3v) is 4.08. The van der Waals surface area contributed by atoms with Crippen LogP contribution >= 0.6 is 0 Å². The van der Waals surface area contributed by atoms with E-state index in [0.717, 1.165) is 29.9 Å². The van der Waals surface area contributed by atoms with Gasteiger partial charge in [0.25, 0.3) is 5.91 Å². The summed E-state index contributed by atoms with van der Waals surface area (Å²) >= 11 is 0. The molecule has 0 aliphatic heterocycles. The van der Waals surface area contributed by atoms with E-state index in [-0.39, 0.29) is 23.4 Å². The standard InChI is InChI=1S/C17H16N2O5/c1-24-16-5-3-2-4-11(16)12-9-13(12)18-17(21)10-6-7-14(19(22)23)15(20)8-10/h2-8,12-13,20H,9H2,1H3,(H,18,21). The minimum absolute atomic E-state index is 0.0221. The van der Waals surface area contributed by atoms with E-state index in [1.54, 1.807) is 7.11 Å². The first-order valence-corrected chi connectivity index (χ1v) is 7.42. The van der Waals surface area contributed by atoms with Crippen molar-refractivity contribution in [1.29, 1.82) is 0 Å². The fourth-order valence-corrected chi connectivity index (χ4v) is 2.74. The molecule has 3 rings (SSSR count). The van der Waals surface area contributed by atoms with E-state index < -0.39 is 16.4 Å². The zero-order valence-corrected chi connectivity index (χ0v) is 12.9. The van der Waals surface area contributed by atoms with Gasteiger partial charge in [0.1, 0.15) is 5.75 Å². The smallest absolute Gasteiger partial charge is 0.310 e. The van der Waals surface area contributed by atoms with E-state index in [9.17, 15) is 20.0 Å². The fraction of sp³-hybridized carbons (Fsp3) is 0.235. The van der Waals surface area contributed by atoms with Gasteiger partial charge in [-0.05, 0) is 30.2 Å². The van der Waals surface area contributed by atoms with E-state index in [1.807, 2.05) is 24.3 Å². The highest BCUT2D eigenvalue weighted by molar-refractivity contribution is 5.95. The number of nitro groups is 1. The maximum atomic E-state index is 12.2. The zero-order chi connectivity index (χ0) is 17.3. The van der Waals surface area contributed by atoms with Crippen LogP contribution in [0.4, 0.5) is 5.69 Å². The number of methoxy groups -OCH3 is 1. The van der Waals surface area contributed by atoms with Crippen molar-refractivity contribution in [2.75, 3.05) is 7.11 Å². The van der Waals surface area contributed by atoms with Crippen LogP contribution in [0.25, 0.3) is 0 Å². The Hall–Kier alpha value is -3.09. The van der Waals surface area contributed by atoms with Crippen molar-refractivity contribution < 1.29 is 19.6 Å². The molecule has 1 fully saturated rings.